The van der Waals surface area contributed by atoms with E-state index < -0.39 is 11.8 Å². The first-order valence-corrected chi connectivity index (χ1v) is 14.4. The van der Waals surface area contributed by atoms with Crippen LogP contribution in [0.4, 0.5) is 4.39 Å². The second kappa shape index (κ2) is 12.4. The zero-order valence-electron chi connectivity index (χ0n) is 23.8. The first-order chi connectivity index (χ1) is 20.9. The number of halogens is 1. The maximum absolute atomic E-state index is 14.2. The lowest BCUT2D eigenvalue weighted by Crippen LogP contribution is -2.39. The highest BCUT2D eigenvalue weighted by Crippen LogP contribution is 2.27. The molecule has 0 aliphatic carbocycles. The zero-order chi connectivity index (χ0) is 29.9. The monoisotopic (exact) mass is 585 g/mol. The maximum atomic E-state index is 14.2. The number of nitriles is 1. The number of carboxylic acids is 1. The van der Waals surface area contributed by atoms with Gasteiger partial charge in [-0.1, -0.05) is 6.07 Å². The number of hydrogen-bond acceptors (Lipinski definition) is 8. The molecule has 2 saturated heterocycles. The van der Waals surface area contributed by atoms with E-state index in [2.05, 4.69) is 14.5 Å². The third-order valence-corrected chi connectivity index (χ3v) is 7.95. The quantitative estimate of drug-likeness (QED) is 0.278. The average molecular weight is 586 g/mol. The molecule has 0 spiro atoms. The molecule has 0 unspecified atom stereocenters. The summed E-state index contributed by atoms with van der Waals surface area (Å²) in [5, 5.41) is 18.5. The van der Waals surface area contributed by atoms with Gasteiger partial charge in [-0.05, 0) is 68.1 Å². The Labute approximate surface area is 248 Å². The van der Waals surface area contributed by atoms with E-state index in [0.717, 1.165) is 67.4 Å². The Morgan fingerprint density at radius 1 is 1.16 bits per heavy atom. The smallest absolute Gasteiger partial charge is 0.335 e. The van der Waals surface area contributed by atoms with Crippen molar-refractivity contribution in [1.29, 1.82) is 5.26 Å². The minimum atomic E-state index is -0.950. The predicted octanol–water partition coefficient (Wildman–Crippen LogP) is 4.86. The molecule has 0 saturated carbocycles. The van der Waals surface area contributed by atoms with Crippen molar-refractivity contribution in [2.24, 2.45) is 0 Å². The molecule has 2 fully saturated rings. The molecule has 0 radical (unpaired) electrons. The molecule has 1 atom stereocenters. The van der Waals surface area contributed by atoms with Crippen LogP contribution in [0.25, 0.3) is 11.0 Å². The summed E-state index contributed by atoms with van der Waals surface area (Å²) in [4.78, 5) is 23.5. The van der Waals surface area contributed by atoms with Crippen LogP contribution < -0.4 is 9.47 Å². The van der Waals surface area contributed by atoms with Crippen LogP contribution in [-0.4, -0.2) is 62.4 Å². The molecule has 2 aromatic heterocycles. The van der Waals surface area contributed by atoms with Crippen LogP contribution in [0.3, 0.4) is 0 Å². The van der Waals surface area contributed by atoms with Crippen molar-refractivity contribution in [2.45, 2.75) is 58.1 Å². The molecule has 11 heteroatoms. The summed E-state index contributed by atoms with van der Waals surface area (Å²) in [5.74, 6) is -0.0829. The molecular weight excluding hydrogens is 553 g/mol. The average Bonchev–Trinajstić information content (AvgIpc) is 3.32. The number of carboxylic acid groups (broad SMARTS) is 1. The third kappa shape index (κ3) is 6.45. The van der Waals surface area contributed by atoms with Crippen LogP contribution in [0.15, 0.2) is 48.5 Å². The lowest BCUT2D eigenvalue weighted by atomic mass is 10.1. The lowest BCUT2D eigenvalue weighted by molar-refractivity contribution is -0.0592. The van der Waals surface area contributed by atoms with Crippen LogP contribution in [-0.2, 0) is 24.4 Å². The highest BCUT2D eigenvalue weighted by molar-refractivity contribution is 5.94. The summed E-state index contributed by atoms with van der Waals surface area (Å²) in [7, 11) is 0. The third-order valence-electron chi connectivity index (χ3n) is 7.95. The fraction of sp³-hybridized carbons (Fsp3) is 0.375. The standard InChI is InChI=1S/C32H32FN5O5/c1-20-13-22(32(39)40)15-27-31(20)36-29(38(27)17-25-9-12-41-25)18-37-10-7-24(8-11-37)43-30-4-2-3-23(35-30)19-42-28-6-5-21(16-34)14-26(28)33/h2-6,13-15,24-25H,7-12,17-19H2,1H3,(H,39,40)/t25-/m0/s1. The fourth-order valence-electron chi connectivity index (χ4n) is 5.52. The Morgan fingerprint density at radius 3 is 2.67 bits per heavy atom. The van der Waals surface area contributed by atoms with Crippen molar-refractivity contribution in [2.75, 3.05) is 19.7 Å². The number of aryl methyl sites for hydroxylation is 1. The second-order valence-electron chi connectivity index (χ2n) is 11.0. The topological polar surface area (TPSA) is 123 Å². The summed E-state index contributed by atoms with van der Waals surface area (Å²) in [6.45, 7) is 5.64. The minimum Gasteiger partial charge on any atom is -0.484 e. The van der Waals surface area contributed by atoms with E-state index in [0.29, 0.717) is 24.7 Å². The van der Waals surface area contributed by atoms with Gasteiger partial charge in [0.1, 0.15) is 18.5 Å². The zero-order valence-corrected chi connectivity index (χ0v) is 23.8. The van der Waals surface area contributed by atoms with Gasteiger partial charge in [0.05, 0.1) is 53.1 Å². The van der Waals surface area contributed by atoms with E-state index in [-0.39, 0.29) is 35.7 Å². The van der Waals surface area contributed by atoms with E-state index in [1.54, 1.807) is 24.3 Å². The van der Waals surface area contributed by atoms with Gasteiger partial charge >= 0.3 is 5.97 Å². The number of nitrogens with zero attached hydrogens (tertiary/aromatic N) is 5. The van der Waals surface area contributed by atoms with E-state index >= 15 is 0 Å². The minimum absolute atomic E-state index is 0.00143. The number of rotatable bonds is 10. The Morgan fingerprint density at radius 2 is 1.98 bits per heavy atom. The van der Waals surface area contributed by atoms with Crippen molar-refractivity contribution < 1.29 is 28.5 Å². The molecule has 10 nitrogen and oxygen atoms in total. The predicted molar refractivity (Wildman–Crippen MR) is 154 cm³/mol. The number of benzene rings is 2. The number of piperidine rings is 1. The van der Waals surface area contributed by atoms with Crippen LogP contribution >= 0.6 is 0 Å². The first-order valence-electron chi connectivity index (χ1n) is 14.4. The summed E-state index contributed by atoms with van der Waals surface area (Å²) in [6.07, 6.45) is 2.71. The molecule has 43 heavy (non-hydrogen) atoms. The number of likely N-dealkylation sites (tertiary alicyclic amines) is 1. The summed E-state index contributed by atoms with van der Waals surface area (Å²) < 4.78 is 33.8. The van der Waals surface area contributed by atoms with Crippen LogP contribution in [0.5, 0.6) is 11.6 Å². The number of aromatic nitrogens is 3. The van der Waals surface area contributed by atoms with Crippen LogP contribution in [0.2, 0.25) is 0 Å². The van der Waals surface area contributed by atoms with Crippen molar-refractivity contribution in [3.63, 3.8) is 0 Å². The molecule has 4 aromatic rings. The van der Waals surface area contributed by atoms with Gasteiger partial charge in [-0.2, -0.15) is 5.26 Å². The van der Waals surface area contributed by atoms with E-state index in [4.69, 9.17) is 24.5 Å². The number of ether oxygens (including phenoxy) is 3. The van der Waals surface area contributed by atoms with Crippen molar-refractivity contribution in [3.8, 4) is 17.7 Å². The fourth-order valence-corrected chi connectivity index (χ4v) is 5.52. The molecule has 2 aliphatic rings. The lowest BCUT2D eigenvalue weighted by Gasteiger charge is -2.32. The molecule has 2 aliphatic heterocycles. The number of carbonyl (C=O) groups is 1. The van der Waals surface area contributed by atoms with E-state index in [9.17, 15) is 14.3 Å². The summed E-state index contributed by atoms with van der Waals surface area (Å²) >= 11 is 0. The molecule has 1 N–H and O–H groups in total. The number of aromatic carboxylic acids is 1. The highest BCUT2D eigenvalue weighted by atomic mass is 19.1. The number of imidazole rings is 1. The van der Waals surface area contributed by atoms with Gasteiger partial charge in [-0.25, -0.2) is 19.2 Å². The van der Waals surface area contributed by atoms with Gasteiger partial charge in [0.2, 0.25) is 5.88 Å². The number of hydrogen-bond donors (Lipinski definition) is 1. The van der Waals surface area contributed by atoms with Gasteiger partial charge in [0.15, 0.2) is 11.6 Å². The number of pyridine rings is 1. The van der Waals surface area contributed by atoms with E-state index in [1.165, 1.54) is 12.1 Å². The largest absolute Gasteiger partial charge is 0.484 e. The Hall–Kier alpha value is -4.53. The van der Waals surface area contributed by atoms with Gasteiger partial charge in [0.25, 0.3) is 0 Å². The van der Waals surface area contributed by atoms with Crippen LogP contribution in [0.1, 0.15) is 52.3 Å². The Bertz CT molecular complexity index is 1690. The summed E-state index contributed by atoms with van der Waals surface area (Å²) in [5.41, 5.74) is 3.60. The van der Waals surface area contributed by atoms with E-state index in [1.807, 2.05) is 19.1 Å². The molecule has 6 rings (SSSR count). The first kappa shape index (κ1) is 28.6. The van der Waals surface area contributed by atoms with Crippen molar-refractivity contribution in [1.82, 2.24) is 19.4 Å². The Kier molecular flexibility index (Phi) is 8.22. The highest BCUT2D eigenvalue weighted by Gasteiger charge is 2.26. The molecule has 0 amide bonds. The molecule has 222 valence electrons. The van der Waals surface area contributed by atoms with Gasteiger partial charge in [-0.15, -0.1) is 0 Å². The summed E-state index contributed by atoms with van der Waals surface area (Å²) in [6, 6.07) is 14.8. The maximum Gasteiger partial charge on any atom is 0.335 e. The van der Waals surface area contributed by atoms with Gasteiger partial charge < -0.3 is 23.9 Å². The molecule has 2 aromatic carbocycles. The normalized spacial score (nSPS) is 17.4. The molecule has 4 heterocycles. The van der Waals surface area contributed by atoms with Crippen LogP contribution in [0, 0.1) is 24.1 Å². The molecular formula is C32H32FN5O5. The SMILES string of the molecule is Cc1cc(C(=O)O)cc2c1nc(CN1CCC(Oc3cccc(COc4ccc(C#N)cc4F)n3)CC1)n2C[C@@H]1CCO1. The van der Waals surface area contributed by atoms with Crippen molar-refractivity contribution in [3.05, 3.63) is 82.6 Å². The number of fused-ring (bicyclic) bond motifs is 1. The van der Waals surface area contributed by atoms with Gasteiger partial charge in [0, 0.05) is 25.8 Å². The second-order valence-corrected chi connectivity index (χ2v) is 11.0. The Balaban J connectivity index is 1.07. The van der Waals surface area contributed by atoms with Crippen molar-refractivity contribution >= 4 is 17.0 Å². The van der Waals surface area contributed by atoms with Gasteiger partial charge in [-0.3, -0.25) is 4.90 Å². The molecule has 0 bridgehead atoms.